The number of rotatable bonds is 7. The smallest absolute Gasteiger partial charge is 0.427 e. The summed E-state index contributed by atoms with van der Waals surface area (Å²) < 4.78 is 23.4. The maximum absolute atomic E-state index is 13.1. The first-order valence-corrected chi connectivity index (χ1v) is 9.94. The number of hydrogen-bond donors (Lipinski definition) is 1. The van der Waals surface area contributed by atoms with Gasteiger partial charge < -0.3 is 14.4 Å². The van der Waals surface area contributed by atoms with E-state index in [2.05, 4.69) is 20.3 Å². The molecule has 30 heavy (non-hydrogen) atoms. The lowest BCUT2D eigenvalue weighted by Crippen LogP contribution is -2.46. The maximum Gasteiger partial charge on any atom is 0.427 e. The summed E-state index contributed by atoms with van der Waals surface area (Å²) in [4.78, 5) is 15.9. The van der Waals surface area contributed by atoms with Gasteiger partial charge in [0.15, 0.2) is 0 Å². The number of halogens is 1. The first-order chi connectivity index (χ1) is 14.6. The predicted octanol–water partition coefficient (Wildman–Crippen LogP) is 3.24. The quantitative estimate of drug-likeness (QED) is 0.557. The molecule has 0 atom stereocenters. The number of nitrogens with zero attached hydrogens (tertiary/aromatic N) is 3. The second-order valence-corrected chi connectivity index (χ2v) is 6.90. The predicted molar refractivity (Wildman–Crippen MR) is 115 cm³/mol. The Bertz CT molecular complexity index is 865. The first kappa shape index (κ1) is 21.6. The van der Waals surface area contributed by atoms with Gasteiger partial charge in [0.25, 0.3) is 0 Å². The van der Waals surface area contributed by atoms with Crippen molar-refractivity contribution in [2.45, 2.75) is 13.5 Å². The lowest BCUT2D eigenvalue weighted by Gasteiger charge is -2.36. The third-order valence-corrected chi connectivity index (χ3v) is 4.91. The number of hydrazone groups is 1. The Balaban J connectivity index is 1.59. The first-order valence-electron chi connectivity index (χ1n) is 9.94. The Morgan fingerprint density at radius 2 is 1.90 bits per heavy atom. The van der Waals surface area contributed by atoms with Gasteiger partial charge in [-0.3, -0.25) is 4.90 Å². The Labute approximate surface area is 176 Å². The van der Waals surface area contributed by atoms with Gasteiger partial charge in [0.1, 0.15) is 11.6 Å². The third-order valence-electron chi connectivity index (χ3n) is 4.91. The number of ether oxygens (including phenoxy) is 2. The molecule has 2 aromatic carbocycles. The van der Waals surface area contributed by atoms with E-state index in [1.807, 2.05) is 30.3 Å². The van der Waals surface area contributed by atoms with Crippen LogP contribution < -0.4 is 15.1 Å². The molecule has 160 valence electrons. The van der Waals surface area contributed by atoms with E-state index in [0.717, 1.165) is 55.3 Å². The minimum atomic E-state index is -0.582. The Hall–Kier alpha value is -3.13. The summed E-state index contributed by atoms with van der Waals surface area (Å²) >= 11 is 0. The van der Waals surface area contributed by atoms with Crippen molar-refractivity contribution in [3.05, 3.63) is 59.4 Å². The summed E-state index contributed by atoms with van der Waals surface area (Å²) in [6.45, 7) is 6.30. The van der Waals surface area contributed by atoms with E-state index in [4.69, 9.17) is 9.47 Å². The highest BCUT2D eigenvalue weighted by Crippen LogP contribution is 2.23. The van der Waals surface area contributed by atoms with Crippen LogP contribution in [0.1, 0.15) is 18.1 Å². The standard InChI is InChI=1S/C22H27FN4O3/c1-3-30-22(28)25-24-15-17-4-9-21(29-2)18(14-17)16-26-10-12-27(13-11-26)20-7-5-19(23)6-8-20/h4-9,14-15H,3,10-13,16H2,1-2H3,(H,25,28)/b24-15-. The van der Waals surface area contributed by atoms with Crippen LogP contribution in [0.4, 0.5) is 14.9 Å². The van der Waals surface area contributed by atoms with E-state index in [1.165, 1.54) is 12.1 Å². The highest BCUT2D eigenvalue weighted by Gasteiger charge is 2.18. The van der Waals surface area contributed by atoms with E-state index in [0.29, 0.717) is 6.61 Å². The van der Waals surface area contributed by atoms with Crippen molar-refractivity contribution in [3.63, 3.8) is 0 Å². The molecule has 0 aliphatic carbocycles. The highest BCUT2D eigenvalue weighted by atomic mass is 19.1. The van der Waals surface area contributed by atoms with Crippen LogP contribution in [-0.4, -0.2) is 57.1 Å². The maximum atomic E-state index is 13.1. The molecule has 0 saturated carbocycles. The fraction of sp³-hybridized carbons (Fsp3) is 0.364. The van der Waals surface area contributed by atoms with Gasteiger partial charge in [0, 0.05) is 44.0 Å². The number of hydrogen-bond acceptors (Lipinski definition) is 6. The average Bonchev–Trinajstić information content (AvgIpc) is 2.75. The summed E-state index contributed by atoms with van der Waals surface area (Å²) in [5, 5.41) is 3.92. The van der Waals surface area contributed by atoms with Gasteiger partial charge >= 0.3 is 6.09 Å². The van der Waals surface area contributed by atoms with Gasteiger partial charge in [-0.05, 0) is 55.0 Å². The van der Waals surface area contributed by atoms with Crippen molar-refractivity contribution in [1.82, 2.24) is 10.3 Å². The number of carbonyl (C=O) groups is 1. The molecule has 8 heteroatoms. The Morgan fingerprint density at radius 3 is 2.57 bits per heavy atom. The van der Waals surface area contributed by atoms with Crippen molar-refractivity contribution in [3.8, 4) is 5.75 Å². The van der Waals surface area contributed by atoms with Crippen LogP contribution >= 0.6 is 0 Å². The van der Waals surface area contributed by atoms with Gasteiger partial charge in [-0.15, -0.1) is 0 Å². The van der Waals surface area contributed by atoms with Gasteiger partial charge in [-0.25, -0.2) is 14.6 Å². The summed E-state index contributed by atoms with van der Waals surface area (Å²) in [5.41, 5.74) is 5.27. The van der Waals surface area contributed by atoms with Gasteiger partial charge in [0.2, 0.25) is 0 Å². The van der Waals surface area contributed by atoms with Gasteiger partial charge in [-0.2, -0.15) is 5.10 Å². The van der Waals surface area contributed by atoms with Crippen molar-refractivity contribution in [2.75, 3.05) is 44.8 Å². The van der Waals surface area contributed by atoms with Crippen LogP contribution in [0.25, 0.3) is 0 Å². The van der Waals surface area contributed by atoms with Crippen LogP contribution in [0.5, 0.6) is 5.75 Å². The van der Waals surface area contributed by atoms with Crippen molar-refractivity contribution in [1.29, 1.82) is 0 Å². The normalized spacial score (nSPS) is 14.7. The molecule has 1 aliphatic rings. The number of piperazine rings is 1. The molecule has 0 radical (unpaired) electrons. The summed E-state index contributed by atoms with van der Waals surface area (Å²) in [7, 11) is 1.65. The van der Waals surface area contributed by atoms with Crippen LogP contribution in [0.3, 0.4) is 0 Å². The lowest BCUT2D eigenvalue weighted by molar-refractivity contribution is 0.152. The summed E-state index contributed by atoms with van der Waals surface area (Å²) in [6.07, 6.45) is 0.994. The molecule has 0 spiro atoms. The SMILES string of the molecule is CCOC(=O)N/N=C\c1ccc(OC)c(CN2CCN(c3ccc(F)cc3)CC2)c1. The van der Waals surface area contributed by atoms with Crippen molar-refractivity contribution >= 4 is 18.0 Å². The summed E-state index contributed by atoms with van der Waals surface area (Å²) in [6, 6.07) is 12.4. The molecule has 2 aromatic rings. The minimum absolute atomic E-state index is 0.217. The number of anilines is 1. The topological polar surface area (TPSA) is 66.4 Å². The van der Waals surface area contributed by atoms with Crippen LogP contribution in [-0.2, 0) is 11.3 Å². The van der Waals surface area contributed by atoms with E-state index in [9.17, 15) is 9.18 Å². The van der Waals surface area contributed by atoms with Crippen LogP contribution in [0.2, 0.25) is 0 Å². The van der Waals surface area contributed by atoms with E-state index < -0.39 is 6.09 Å². The average molecular weight is 414 g/mol. The van der Waals surface area contributed by atoms with E-state index in [1.54, 1.807) is 20.2 Å². The van der Waals surface area contributed by atoms with Crippen molar-refractivity contribution < 1.29 is 18.7 Å². The van der Waals surface area contributed by atoms with E-state index in [-0.39, 0.29) is 5.82 Å². The zero-order valence-electron chi connectivity index (χ0n) is 17.3. The molecule has 7 nitrogen and oxygen atoms in total. The molecule has 1 fully saturated rings. The second-order valence-electron chi connectivity index (χ2n) is 6.90. The zero-order chi connectivity index (χ0) is 21.3. The van der Waals surface area contributed by atoms with Crippen LogP contribution in [0.15, 0.2) is 47.6 Å². The number of benzene rings is 2. The Morgan fingerprint density at radius 1 is 1.17 bits per heavy atom. The molecular weight excluding hydrogens is 387 g/mol. The molecule has 1 aliphatic heterocycles. The summed E-state index contributed by atoms with van der Waals surface area (Å²) in [5.74, 6) is 0.594. The number of carbonyl (C=O) groups excluding carboxylic acids is 1. The number of methoxy groups -OCH3 is 1. The van der Waals surface area contributed by atoms with Crippen LogP contribution in [0, 0.1) is 5.82 Å². The highest BCUT2D eigenvalue weighted by molar-refractivity contribution is 5.81. The molecule has 1 heterocycles. The number of nitrogens with one attached hydrogen (secondary N) is 1. The second kappa shape index (κ2) is 10.6. The molecule has 3 rings (SSSR count). The molecule has 0 aromatic heterocycles. The largest absolute Gasteiger partial charge is 0.496 e. The zero-order valence-corrected chi connectivity index (χ0v) is 17.3. The fourth-order valence-corrected chi connectivity index (χ4v) is 3.38. The van der Waals surface area contributed by atoms with E-state index >= 15 is 0 Å². The molecule has 0 bridgehead atoms. The van der Waals surface area contributed by atoms with Gasteiger partial charge in [0.05, 0.1) is 19.9 Å². The third kappa shape index (κ3) is 5.93. The molecule has 0 unspecified atom stereocenters. The number of amides is 1. The molecule has 1 saturated heterocycles. The molecule has 1 amide bonds. The van der Waals surface area contributed by atoms with Crippen molar-refractivity contribution in [2.24, 2.45) is 5.10 Å². The molecular formula is C22H27FN4O3. The minimum Gasteiger partial charge on any atom is -0.496 e. The van der Waals surface area contributed by atoms with Gasteiger partial charge in [-0.1, -0.05) is 0 Å². The lowest BCUT2D eigenvalue weighted by atomic mass is 10.1. The Kier molecular flexibility index (Phi) is 7.62. The monoisotopic (exact) mass is 414 g/mol. The molecule has 1 N–H and O–H groups in total. The fourth-order valence-electron chi connectivity index (χ4n) is 3.38.